The lowest BCUT2D eigenvalue weighted by molar-refractivity contribution is 0.859. The van der Waals surface area contributed by atoms with E-state index in [1.165, 1.54) is 16.7 Å². The van der Waals surface area contributed by atoms with Crippen molar-refractivity contribution < 1.29 is 0 Å². The highest BCUT2D eigenvalue weighted by molar-refractivity contribution is 5.78. The van der Waals surface area contributed by atoms with Crippen molar-refractivity contribution in [2.45, 2.75) is 19.8 Å². The fourth-order valence-electron chi connectivity index (χ4n) is 2.67. The zero-order chi connectivity index (χ0) is 16.2. The Morgan fingerprint density at radius 2 is 1.70 bits per heavy atom. The van der Waals surface area contributed by atoms with E-state index in [1.54, 1.807) is 0 Å². The van der Waals surface area contributed by atoms with Gasteiger partial charge in [0.05, 0.1) is 5.69 Å². The van der Waals surface area contributed by atoms with E-state index >= 15 is 0 Å². The third-order valence-corrected chi connectivity index (χ3v) is 4.11. The van der Waals surface area contributed by atoms with Gasteiger partial charge in [0.2, 0.25) is 0 Å². The van der Waals surface area contributed by atoms with E-state index in [-0.39, 0.29) is 0 Å². The maximum absolute atomic E-state index is 4.67. The van der Waals surface area contributed by atoms with E-state index in [0.29, 0.717) is 5.92 Å². The molecule has 0 unspecified atom stereocenters. The molecule has 114 valence electrons. The summed E-state index contributed by atoms with van der Waals surface area (Å²) in [5.41, 5.74) is 6.88. The molecule has 1 heterocycles. The number of hydrogen-bond acceptors (Lipinski definition) is 1. The first-order chi connectivity index (χ1) is 11.2. The van der Waals surface area contributed by atoms with E-state index in [4.69, 9.17) is 0 Å². The Labute approximate surface area is 138 Å². The van der Waals surface area contributed by atoms with Crippen LogP contribution in [0.25, 0.3) is 28.5 Å². The summed E-state index contributed by atoms with van der Waals surface area (Å²) in [5.74, 6) is 0.492. The van der Waals surface area contributed by atoms with Gasteiger partial charge in [0, 0.05) is 11.8 Å². The summed E-state index contributed by atoms with van der Waals surface area (Å²) >= 11 is 0. The van der Waals surface area contributed by atoms with Crippen LogP contribution in [0.5, 0.6) is 0 Å². The number of aromatic nitrogens is 1. The van der Waals surface area contributed by atoms with Gasteiger partial charge >= 0.3 is 0 Å². The molecule has 0 aliphatic heterocycles. The van der Waals surface area contributed by atoms with Gasteiger partial charge < -0.3 is 0 Å². The van der Waals surface area contributed by atoms with E-state index in [2.05, 4.69) is 80.0 Å². The van der Waals surface area contributed by atoms with E-state index < -0.39 is 0 Å². The highest BCUT2D eigenvalue weighted by Gasteiger charge is 2.08. The van der Waals surface area contributed by atoms with Gasteiger partial charge in [-0.1, -0.05) is 75.0 Å². The molecule has 0 radical (unpaired) electrons. The van der Waals surface area contributed by atoms with Crippen LogP contribution in [0.4, 0.5) is 0 Å². The summed E-state index contributed by atoms with van der Waals surface area (Å²) in [6.45, 7) is 8.30. The third kappa shape index (κ3) is 3.24. The average molecular weight is 299 g/mol. The van der Waals surface area contributed by atoms with Crippen LogP contribution in [0.2, 0.25) is 0 Å². The second-order valence-corrected chi connectivity index (χ2v) is 6.00. The molecule has 3 rings (SSSR count). The molecule has 0 saturated heterocycles. The van der Waals surface area contributed by atoms with Gasteiger partial charge in [-0.05, 0) is 40.3 Å². The van der Waals surface area contributed by atoms with Crippen molar-refractivity contribution in [1.82, 2.24) is 4.98 Å². The molecule has 3 aromatic rings. The van der Waals surface area contributed by atoms with Crippen LogP contribution in [0.1, 0.15) is 30.9 Å². The van der Waals surface area contributed by atoms with Gasteiger partial charge in [-0.3, -0.25) is 4.98 Å². The van der Waals surface area contributed by atoms with Crippen molar-refractivity contribution in [1.29, 1.82) is 0 Å². The second kappa shape index (κ2) is 6.62. The Bertz CT molecular complexity index is 799. The van der Waals surface area contributed by atoms with Crippen molar-refractivity contribution >= 4 is 6.08 Å². The Kier molecular flexibility index (Phi) is 4.38. The zero-order valence-electron chi connectivity index (χ0n) is 13.7. The summed E-state index contributed by atoms with van der Waals surface area (Å²) in [4.78, 5) is 4.67. The summed E-state index contributed by atoms with van der Waals surface area (Å²) in [6, 6.07) is 21.1. The molecule has 1 nitrogen and oxygen atoms in total. The first-order valence-corrected chi connectivity index (χ1v) is 7.97. The molecule has 0 spiro atoms. The molecule has 0 atom stereocenters. The number of hydrogen-bond donors (Lipinski definition) is 0. The normalized spacial score (nSPS) is 10.7. The maximum atomic E-state index is 4.67. The van der Waals surface area contributed by atoms with Gasteiger partial charge in [-0.2, -0.15) is 0 Å². The first kappa shape index (κ1) is 15.2. The van der Waals surface area contributed by atoms with Gasteiger partial charge in [0.25, 0.3) is 0 Å². The van der Waals surface area contributed by atoms with Crippen molar-refractivity contribution in [3.05, 3.63) is 84.6 Å². The molecular formula is C22H21N. The predicted octanol–water partition coefficient (Wildman–Crippen LogP) is 6.18. The minimum atomic E-state index is 0.492. The molecule has 1 heteroatoms. The molecule has 0 N–H and O–H groups in total. The highest BCUT2D eigenvalue weighted by Crippen LogP contribution is 2.29. The van der Waals surface area contributed by atoms with Crippen LogP contribution >= 0.6 is 0 Å². The Balaban J connectivity index is 2.08. The van der Waals surface area contributed by atoms with Gasteiger partial charge in [0.15, 0.2) is 0 Å². The summed E-state index contributed by atoms with van der Waals surface area (Å²) in [7, 11) is 0. The summed E-state index contributed by atoms with van der Waals surface area (Å²) in [6.07, 6.45) is 3.87. The summed E-state index contributed by atoms with van der Waals surface area (Å²) in [5, 5.41) is 0. The Morgan fingerprint density at radius 1 is 0.913 bits per heavy atom. The fraction of sp³-hybridized carbons (Fsp3) is 0.136. The lowest BCUT2D eigenvalue weighted by Gasteiger charge is -2.11. The summed E-state index contributed by atoms with van der Waals surface area (Å²) < 4.78 is 0. The average Bonchev–Trinajstić information content (AvgIpc) is 2.62. The smallest absolute Gasteiger partial charge is 0.0708 e. The van der Waals surface area contributed by atoms with E-state index in [0.717, 1.165) is 16.8 Å². The molecular weight excluding hydrogens is 278 g/mol. The van der Waals surface area contributed by atoms with Crippen molar-refractivity contribution in [3.8, 4) is 22.4 Å². The fourth-order valence-corrected chi connectivity index (χ4v) is 2.67. The van der Waals surface area contributed by atoms with Gasteiger partial charge in [-0.15, -0.1) is 0 Å². The molecule has 0 bridgehead atoms. The molecule has 23 heavy (non-hydrogen) atoms. The molecule has 0 aliphatic rings. The third-order valence-electron chi connectivity index (χ3n) is 4.11. The standard InChI is InChI=1S/C22H21N/c1-4-17-10-11-19(18-8-6-5-7-9-18)14-21(17)22-13-12-20(15-23-22)16(2)3/h4-16H,1H2,2-3H3. The number of nitrogens with zero attached hydrogens (tertiary/aromatic N) is 1. The highest BCUT2D eigenvalue weighted by atomic mass is 14.7. The largest absolute Gasteiger partial charge is 0.256 e. The maximum Gasteiger partial charge on any atom is 0.0708 e. The van der Waals surface area contributed by atoms with Crippen molar-refractivity contribution in [2.24, 2.45) is 0 Å². The molecule has 0 saturated carbocycles. The van der Waals surface area contributed by atoms with Crippen LogP contribution < -0.4 is 0 Å². The van der Waals surface area contributed by atoms with Crippen LogP contribution in [-0.4, -0.2) is 4.98 Å². The molecule has 0 aliphatic carbocycles. The van der Waals surface area contributed by atoms with Crippen molar-refractivity contribution in [3.63, 3.8) is 0 Å². The van der Waals surface area contributed by atoms with Crippen LogP contribution in [0.15, 0.2) is 73.4 Å². The lowest BCUT2D eigenvalue weighted by atomic mass is 9.96. The molecule has 0 fully saturated rings. The number of benzene rings is 2. The van der Waals surface area contributed by atoms with Crippen molar-refractivity contribution in [2.75, 3.05) is 0 Å². The SMILES string of the molecule is C=Cc1ccc(-c2ccccc2)cc1-c1ccc(C(C)C)cn1. The van der Waals surface area contributed by atoms with E-state index in [1.807, 2.05) is 18.3 Å². The number of rotatable bonds is 4. The van der Waals surface area contributed by atoms with Gasteiger partial charge in [0.1, 0.15) is 0 Å². The predicted molar refractivity (Wildman–Crippen MR) is 99.3 cm³/mol. The van der Waals surface area contributed by atoms with Gasteiger partial charge in [-0.25, -0.2) is 0 Å². The van der Waals surface area contributed by atoms with Crippen LogP contribution in [0, 0.1) is 0 Å². The molecule has 0 amide bonds. The minimum Gasteiger partial charge on any atom is -0.256 e. The van der Waals surface area contributed by atoms with Crippen LogP contribution in [-0.2, 0) is 0 Å². The molecule has 2 aromatic carbocycles. The second-order valence-electron chi connectivity index (χ2n) is 6.00. The number of pyridine rings is 1. The Morgan fingerprint density at radius 3 is 2.30 bits per heavy atom. The molecule has 1 aromatic heterocycles. The first-order valence-electron chi connectivity index (χ1n) is 7.97. The van der Waals surface area contributed by atoms with Crippen LogP contribution in [0.3, 0.4) is 0 Å². The minimum absolute atomic E-state index is 0.492. The monoisotopic (exact) mass is 299 g/mol. The topological polar surface area (TPSA) is 12.9 Å². The van der Waals surface area contributed by atoms with E-state index in [9.17, 15) is 0 Å². The Hall–Kier alpha value is -2.67. The quantitative estimate of drug-likeness (QED) is 0.560. The lowest BCUT2D eigenvalue weighted by Crippen LogP contribution is -1.92. The zero-order valence-corrected chi connectivity index (χ0v) is 13.7.